The van der Waals surface area contributed by atoms with E-state index in [-0.39, 0.29) is 0 Å². The second-order valence-electron chi connectivity index (χ2n) is 3.96. The first-order valence-electron chi connectivity index (χ1n) is 5.22. The van der Waals surface area contributed by atoms with E-state index in [4.69, 9.17) is 5.73 Å². The molecule has 0 amide bonds. The molecule has 3 nitrogen and oxygen atoms in total. The fraction of sp³-hybridized carbons (Fsp3) is 0.700. The number of nitrogens with two attached hydrogens (primary N) is 1. The molecule has 84 valence electrons. The van der Waals surface area contributed by atoms with Crippen LogP contribution in [0.1, 0.15) is 19.5 Å². The molecule has 1 aromatic rings. The highest BCUT2D eigenvalue weighted by Crippen LogP contribution is 2.25. The van der Waals surface area contributed by atoms with Crippen molar-refractivity contribution in [1.82, 2.24) is 9.88 Å². The Morgan fingerprint density at radius 3 is 3.07 bits per heavy atom. The van der Waals surface area contributed by atoms with Crippen molar-refractivity contribution in [3.05, 3.63) is 11.1 Å². The summed E-state index contributed by atoms with van der Waals surface area (Å²) in [5.74, 6) is 1.23. The van der Waals surface area contributed by atoms with Crippen molar-refractivity contribution in [2.45, 2.75) is 31.7 Å². The standard InChI is InChI=1S/C10H17N3S2/c1-7-8(2)14-4-3-13(7)5-9-6-15-10(11)12-9/h6-8H,3-5H2,1-2H3,(H2,11,12). The summed E-state index contributed by atoms with van der Waals surface area (Å²) >= 11 is 3.59. The van der Waals surface area contributed by atoms with Gasteiger partial charge in [-0.15, -0.1) is 11.3 Å². The Morgan fingerprint density at radius 2 is 2.40 bits per heavy atom. The number of aromatic nitrogens is 1. The van der Waals surface area contributed by atoms with E-state index in [0.29, 0.717) is 11.2 Å². The van der Waals surface area contributed by atoms with Crippen LogP contribution in [0.4, 0.5) is 5.13 Å². The highest BCUT2D eigenvalue weighted by Gasteiger charge is 2.25. The molecule has 1 aliphatic heterocycles. The van der Waals surface area contributed by atoms with Crippen molar-refractivity contribution in [2.75, 3.05) is 18.0 Å². The lowest BCUT2D eigenvalue weighted by molar-refractivity contribution is 0.202. The summed E-state index contributed by atoms with van der Waals surface area (Å²) in [5, 5.41) is 3.46. The van der Waals surface area contributed by atoms with E-state index in [9.17, 15) is 0 Å². The van der Waals surface area contributed by atoms with Gasteiger partial charge in [0.05, 0.1) is 5.69 Å². The summed E-state index contributed by atoms with van der Waals surface area (Å²) in [6, 6.07) is 0.631. The highest BCUT2D eigenvalue weighted by atomic mass is 32.2. The van der Waals surface area contributed by atoms with Crippen LogP contribution in [0.2, 0.25) is 0 Å². The summed E-state index contributed by atoms with van der Waals surface area (Å²) in [5.41, 5.74) is 6.74. The van der Waals surface area contributed by atoms with E-state index < -0.39 is 0 Å². The minimum absolute atomic E-state index is 0.631. The molecule has 2 unspecified atom stereocenters. The van der Waals surface area contributed by atoms with Gasteiger partial charge in [0.2, 0.25) is 0 Å². The number of hydrogen-bond acceptors (Lipinski definition) is 5. The topological polar surface area (TPSA) is 42.1 Å². The quantitative estimate of drug-likeness (QED) is 0.863. The maximum absolute atomic E-state index is 5.63. The van der Waals surface area contributed by atoms with E-state index >= 15 is 0 Å². The fourth-order valence-corrected chi connectivity index (χ4v) is 3.54. The van der Waals surface area contributed by atoms with Gasteiger partial charge in [-0.05, 0) is 6.92 Å². The van der Waals surface area contributed by atoms with Crippen LogP contribution >= 0.6 is 23.1 Å². The molecule has 0 aromatic carbocycles. The van der Waals surface area contributed by atoms with Gasteiger partial charge in [0.25, 0.3) is 0 Å². The lowest BCUT2D eigenvalue weighted by Crippen LogP contribution is -2.44. The predicted molar refractivity (Wildman–Crippen MR) is 68.3 cm³/mol. The summed E-state index contributed by atoms with van der Waals surface area (Å²) in [6.45, 7) is 6.71. The molecule has 0 aliphatic carbocycles. The summed E-state index contributed by atoms with van der Waals surface area (Å²) < 4.78 is 0. The van der Waals surface area contributed by atoms with Crippen LogP contribution in [0.3, 0.4) is 0 Å². The van der Waals surface area contributed by atoms with E-state index in [2.05, 4.69) is 40.9 Å². The van der Waals surface area contributed by atoms with E-state index in [1.54, 1.807) is 0 Å². The first kappa shape index (κ1) is 11.2. The highest BCUT2D eigenvalue weighted by molar-refractivity contribution is 8.00. The zero-order valence-corrected chi connectivity index (χ0v) is 10.8. The molecule has 1 fully saturated rings. The van der Waals surface area contributed by atoms with Crippen molar-refractivity contribution < 1.29 is 0 Å². The number of anilines is 1. The average molecular weight is 243 g/mol. The molecule has 0 saturated carbocycles. The Kier molecular flexibility index (Phi) is 3.53. The van der Waals surface area contributed by atoms with Crippen LogP contribution in [-0.4, -0.2) is 33.5 Å². The van der Waals surface area contributed by atoms with Crippen LogP contribution < -0.4 is 5.73 Å². The SMILES string of the molecule is CC1SCCN(Cc2csc(N)n2)C1C. The van der Waals surface area contributed by atoms with Crippen LogP contribution in [-0.2, 0) is 6.54 Å². The van der Waals surface area contributed by atoms with E-state index in [0.717, 1.165) is 24.0 Å². The van der Waals surface area contributed by atoms with Crippen molar-refractivity contribution in [3.8, 4) is 0 Å². The maximum Gasteiger partial charge on any atom is 0.180 e. The molecule has 5 heteroatoms. The van der Waals surface area contributed by atoms with Gasteiger partial charge in [0.1, 0.15) is 0 Å². The maximum atomic E-state index is 5.63. The first-order chi connectivity index (χ1) is 7.16. The molecule has 0 spiro atoms. The first-order valence-corrected chi connectivity index (χ1v) is 7.15. The zero-order chi connectivity index (χ0) is 10.8. The van der Waals surface area contributed by atoms with Gasteiger partial charge in [0, 0.05) is 35.5 Å². The Balaban J connectivity index is 1.99. The third-order valence-electron chi connectivity index (χ3n) is 2.95. The Labute approximate surface area is 99.1 Å². The molecule has 0 bridgehead atoms. The Hall–Kier alpha value is -0.260. The number of nitrogens with zero attached hydrogens (tertiary/aromatic N) is 2. The minimum Gasteiger partial charge on any atom is -0.375 e. The van der Waals surface area contributed by atoms with Gasteiger partial charge < -0.3 is 5.73 Å². The largest absolute Gasteiger partial charge is 0.375 e. The number of hydrogen-bond donors (Lipinski definition) is 1. The third-order valence-corrected chi connectivity index (χ3v) is 5.01. The molecule has 1 saturated heterocycles. The van der Waals surface area contributed by atoms with Gasteiger partial charge >= 0.3 is 0 Å². The third kappa shape index (κ3) is 2.65. The molecule has 0 radical (unpaired) electrons. The number of thiazole rings is 1. The van der Waals surface area contributed by atoms with Crippen molar-refractivity contribution in [1.29, 1.82) is 0 Å². The summed E-state index contributed by atoms with van der Waals surface area (Å²) in [4.78, 5) is 6.81. The average Bonchev–Trinajstić information content (AvgIpc) is 2.59. The molecule has 2 heterocycles. The molecular weight excluding hydrogens is 226 g/mol. The minimum atomic E-state index is 0.631. The monoisotopic (exact) mass is 243 g/mol. The van der Waals surface area contributed by atoms with Gasteiger partial charge in [-0.3, -0.25) is 4.90 Å². The zero-order valence-electron chi connectivity index (χ0n) is 9.14. The molecule has 2 atom stereocenters. The summed E-state index contributed by atoms with van der Waals surface area (Å²) in [6.07, 6.45) is 0. The van der Waals surface area contributed by atoms with Crippen LogP contribution in [0.15, 0.2) is 5.38 Å². The molecule has 2 N–H and O–H groups in total. The smallest absolute Gasteiger partial charge is 0.180 e. The van der Waals surface area contributed by atoms with Crippen LogP contribution in [0.5, 0.6) is 0 Å². The van der Waals surface area contributed by atoms with Crippen LogP contribution in [0, 0.1) is 0 Å². The van der Waals surface area contributed by atoms with E-state index in [1.165, 1.54) is 17.1 Å². The lowest BCUT2D eigenvalue weighted by Gasteiger charge is -2.36. The fourth-order valence-electron chi connectivity index (χ4n) is 1.82. The normalized spacial score (nSPS) is 28.1. The van der Waals surface area contributed by atoms with E-state index in [1.807, 2.05) is 0 Å². The second-order valence-corrected chi connectivity index (χ2v) is 6.34. The number of rotatable bonds is 2. The Morgan fingerprint density at radius 1 is 1.60 bits per heavy atom. The van der Waals surface area contributed by atoms with Gasteiger partial charge in [0.15, 0.2) is 5.13 Å². The molecule has 2 rings (SSSR count). The molecule has 1 aromatic heterocycles. The number of nitrogen functional groups attached to an aromatic ring is 1. The predicted octanol–water partition coefficient (Wildman–Crippen LogP) is 2.05. The van der Waals surface area contributed by atoms with Crippen LogP contribution in [0.25, 0.3) is 0 Å². The summed E-state index contributed by atoms with van der Waals surface area (Å²) in [7, 11) is 0. The van der Waals surface area contributed by atoms with Gasteiger partial charge in [-0.25, -0.2) is 4.98 Å². The van der Waals surface area contributed by atoms with Crippen molar-refractivity contribution in [3.63, 3.8) is 0 Å². The lowest BCUT2D eigenvalue weighted by atomic mass is 10.2. The van der Waals surface area contributed by atoms with Gasteiger partial charge in [-0.2, -0.15) is 11.8 Å². The number of thioether (sulfide) groups is 1. The van der Waals surface area contributed by atoms with Crippen molar-refractivity contribution >= 4 is 28.2 Å². The molecule has 1 aliphatic rings. The van der Waals surface area contributed by atoms with Gasteiger partial charge in [-0.1, -0.05) is 6.92 Å². The molecular formula is C10H17N3S2. The Bertz CT molecular complexity index is 326. The van der Waals surface area contributed by atoms with Crippen molar-refractivity contribution in [2.24, 2.45) is 0 Å². The molecule has 15 heavy (non-hydrogen) atoms. The second kappa shape index (κ2) is 4.72.